The van der Waals surface area contributed by atoms with Gasteiger partial charge in [-0.1, -0.05) is 41.0 Å². The molecule has 2 aromatic carbocycles. The highest BCUT2D eigenvalue weighted by atomic mass is 35.5. The average molecular weight is 463 g/mol. The third-order valence-corrected chi connectivity index (χ3v) is 7.95. The first-order valence-corrected chi connectivity index (χ1v) is 11.9. The monoisotopic (exact) mass is 462 g/mol. The zero-order chi connectivity index (χ0) is 20.1. The van der Waals surface area contributed by atoms with E-state index in [2.05, 4.69) is 4.99 Å². The van der Waals surface area contributed by atoms with E-state index in [9.17, 15) is 17.2 Å². The maximum atomic E-state index is 14.5. The smallest absolute Gasteiger partial charge is 0.164 e. The number of fused-ring (bicyclic) bond motifs is 1. The lowest BCUT2D eigenvalue weighted by Crippen LogP contribution is -2.39. The summed E-state index contributed by atoms with van der Waals surface area (Å²) in [6.45, 7) is 0. The molecule has 0 bridgehead atoms. The lowest BCUT2D eigenvalue weighted by atomic mass is 10.1. The maximum Gasteiger partial charge on any atom is 0.164 e. The lowest BCUT2D eigenvalue weighted by Gasteiger charge is -2.27. The van der Waals surface area contributed by atoms with Gasteiger partial charge in [0.25, 0.3) is 0 Å². The molecule has 1 fully saturated rings. The molecule has 0 N–H and O–H groups in total. The van der Waals surface area contributed by atoms with Crippen molar-refractivity contribution in [2.24, 2.45) is 4.99 Å². The van der Waals surface area contributed by atoms with Crippen LogP contribution >= 0.6 is 35.0 Å². The molecule has 0 aliphatic carbocycles. The van der Waals surface area contributed by atoms with Gasteiger partial charge in [-0.15, -0.1) is 0 Å². The highest BCUT2D eigenvalue weighted by molar-refractivity contribution is 8.13. The second-order valence-electron chi connectivity index (χ2n) is 6.61. The molecule has 0 spiro atoms. The molecule has 2 heterocycles. The molecule has 2 aliphatic rings. The second-order valence-corrected chi connectivity index (χ2v) is 10.6. The van der Waals surface area contributed by atoms with Crippen molar-refractivity contribution < 1.29 is 17.2 Å². The van der Waals surface area contributed by atoms with Crippen molar-refractivity contribution in [1.82, 2.24) is 0 Å². The number of anilines is 1. The molecule has 2 aliphatic heterocycles. The van der Waals surface area contributed by atoms with E-state index in [-0.39, 0.29) is 17.2 Å². The SMILES string of the molecule is O=S1(=O)CC2N=C(SCc3ccc(Cl)cc3Cl)N(c3ccc(F)cc3F)C2C1. The summed E-state index contributed by atoms with van der Waals surface area (Å²) in [5, 5.41) is 1.51. The first-order valence-electron chi connectivity index (χ1n) is 8.33. The fourth-order valence-electron chi connectivity index (χ4n) is 3.37. The number of benzene rings is 2. The molecule has 4 rings (SSSR count). The van der Waals surface area contributed by atoms with Crippen LogP contribution in [0, 0.1) is 11.6 Å². The van der Waals surface area contributed by atoms with Crippen LogP contribution in [-0.2, 0) is 15.6 Å². The number of hydrogen-bond acceptors (Lipinski definition) is 5. The summed E-state index contributed by atoms with van der Waals surface area (Å²) in [7, 11) is -3.26. The fraction of sp³-hybridized carbons (Fsp3) is 0.278. The number of hydrogen-bond donors (Lipinski definition) is 0. The van der Waals surface area contributed by atoms with Gasteiger partial charge < -0.3 is 4.90 Å². The number of aliphatic imine (C=N–C) groups is 1. The van der Waals surface area contributed by atoms with Crippen molar-refractivity contribution in [3.8, 4) is 0 Å². The molecular weight excluding hydrogens is 449 g/mol. The summed E-state index contributed by atoms with van der Waals surface area (Å²) in [4.78, 5) is 6.09. The van der Waals surface area contributed by atoms with Gasteiger partial charge >= 0.3 is 0 Å². The Morgan fingerprint density at radius 3 is 2.64 bits per heavy atom. The third kappa shape index (κ3) is 3.87. The summed E-state index contributed by atoms with van der Waals surface area (Å²) >= 11 is 13.5. The van der Waals surface area contributed by atoms with Gasteiger partial charge in [-0.3, -0.25) is 4.99 Å². The third-order valence-electron chi connectivity index (χ3n) is 4.65. The van der Waals surface area contributed by atoms with E-state index in [1.165, 1.54) is 17.8 Å². The minimum absolute atomic E-state index is 0.0806. The first-order chi connectivity index (χ1) is 13.2. The highest BCUT2D eigenvalue weighted by Crippen LogP contribution is 2.37. The number of thioether (sulfide) groups is 1. The minimum atomic E-state index is -3.26. The lowest BCUT2D eigenvalue weighted by molar-refractivity contribution is 0.577. The molecule has 2 atom stereocenters. The molecule has 148 valence electrons. The normalized spacial score (nSPS) is 23.0. The summed E-state index contributed by atoms with van der Waals surface area (Å²) in [5.74, 6) is -1.22. The van der Waals surface area contributed by atoms with E-state index in [0.717, 1.165) is 17.7 Å². The molecule has 1 saturated heterocycles. The molecule has 2 aromatic rings. The molecule has 0 aromatic heterocycles. The molecule has 0 amide bonds. The molecule has 0 radical (unpaired) electrons. The van der Waals surface area contributed by atoms with Crippen LogP contribution in [0.2, 0.25) is 10.0 Å². The highest BCUT2D eigenvalue weighted by Gasteiger charge is 2.47. The average Bonchev–Trinajstić information content (AvgIpc) is 3.06. The standard InChI is InChI=1S/C18H14Cl2F2N2O2S2/c19-11-2-1-10(13(20)5-11)7-27-18-23-15-8-28(25,26)9-17(15)24(18)16-4-3-12(21)6-14(16)22/h1-6,15,17H,7-9H2. The van der Waals surface area contributed by atoms with Gasteiger partial charge in [0.05, 0.1) is 29.3 Å². The van der Waals surface area contributed by atoms with E-state index >= 15 is 0 Å². The molecule has 10 heteroatoms. The molecular formula is C18H14Cl2F2N2O2S2. The van der Waals surface area contributed by atoms with Crippen molar-refractivity contribution in [3.05, 3.63) is 63.6 Å². The van der Waals surface area contributed by atoms with Crippen LogP contribution in [0.3, 0.4) is 0 Å². The Balaban J connectivity index is 1.65. The van der Waals surface area contributed by atoms with E-state index in [1.54, 1.807) is 23.1 Å². The summed E-state index contributed by atoms with van der Waals surface area (Å²) < 4.78 is 51.9. The topological polar surface area (TPSA) is 49.7 Å². The van der Waals surface area contributed by atoms with Crippen molar-refractivity contribution in [2.75, 3.05) is 16.4 Å². The Labute approximate surface area is 175 Å². The molecule has 2 unspecified atom stereocenters. The molecule has 4 nitrogen and oxygen atoms in total. The van der Waals surface area contributed by atoms with Crippen molar-refractivity contribution >= 4 is 55.7 Å². The minimum Gasteiger partial charge on any atom is -0.312 e. The predicted octanol–water partition coefficient (Wildman–Crippen LogP) is 4.55. The Kier molecular flexibility index (Phi) is 5.33. The van der Waals surface area contributed by atoms with E-state index < -0.39 is 33.6 Å². The van der Waals surface area contributed by atoms with Gasteiger partial charge in [-0.25, -0.2) is 17.2 Å². The van der Waals surface area contributed by atoms with Crippen molar-refractivity contribution in [2.45, 2.75) is 17.8 Å². The van der Waals surface area contributed by atoms with E-state index in [1.807, 2.05) is 0 Å². The van der Waals surface area contributed by atoms with Crippen LogP contribution in [0.15, 0.2) is 41.4 Å². The summed E-state index contributed by atoms with van der Waals surface area (Å²) in [6.07, 6.45) is 0. The fourth-order valence-corrected chi connectivity index (χ4v) is 6.89. The van der Waals surface area contributed by atoms with Crippen molar-refractivity contribution in [1.29, 1.82) is 0 Å². The number of nitrogens with zero attached hydrogens (tertiary/aromatic N) is 2. The van der Waals surface area contributed by atoms with Crippen LogP contribution in [0.1, 0.15) is 5.56 Å². The Morgan fingerprint density at radius 2 is 1.93 bits per heavy atom. The maximum absolute atomic E-state index is 14.5. The second kappa shape index (κ2) is 7.48. The van der Waals surface area contributed by atoms with Gasteiger partial charge in [-0.05, 0) is 29.8 Å². The predicted molar refractivity (Wildman–Crippen MR) is 110 cm³/mol. The number of halogens is 4. The van der Waals surface area contributed by atoms with Gasteiger partial charge in [-0.2, -0.15) is 0 Å². The number of rotatable bonds is 3. The Hall–Kier alpha value is -1.35. The zero-order valence-electron chi connectivity index (χ0n) is 14.3. The number of sulfone groups is 1. The summed E-state index contributed by atoms with van der Waals surface area (Å²) in [6, 6.07) is 7.40. The van der Waals surface area contributed by atoms with Gasteiger partial charge in [0.2, 0.25) is 0 Å². The van der Waals surface area contributed by atoms with E-state index in [0.29, 0.717) is 21.0 Å². The Bertz CT molecular complexity index is 1080. The Morgan fingerprint density at radius 1 is 1.14 bits per heavy atom. The van der Waals surface area contributed by atoms with Crippen LogP contribution in [0.25, 0.3) is 0 Å². The van der Waals surface area contributed by atoms with Crippen LogP contribution < -0.4 is 4.90 Å². The van der Waals surface area contributed by atoms with Gasteiger partial charge in [0, 0.05) is 21.9 Å². The summed E-state index contributed by atoms with van der Waals surface area (Å²) in [5.41, 5.74) is 0.933. The molecule has 28 heavy (non-hydrogen) atoms. The van der Waals surface area contributed by atoms with Gasteiger partial charge in [0.1, 0.15) is 11.6 Å². The van der Waals surface area contributed by atoms with Crippen LogP contribution in [0.4, 0.5) is 14.5 Å². The first kappa shape index (κ1) is 19.9. The zero-order valence-corrected chi connectivity index (χ0v) is 17.4. The molecule has 0 saturated carbocycles. The number of amidine groups is 1. The van der Waals surface area contributed by atoms with Crippen LogP contribution in [0.5, 0.6) is 0 Å². The van der Waals surface area contributed by atoms with Crippen LogP contribution in [-0.4, -0.2) is 37.2 Å². The quantitative estimate of drug-likeness (QED) is 0.671. The van der Waals surface area contributed by atoms with Gasteiger partial charge in [0.15, 0.2) is 15.0 Å². The van der Waals surface area contributed by atoms with E-state index in [4.69, 9.17) is 23.2 Å². The largest absolute Gasteiger partial charge is 0.312 e. The van der Waals surface area contributed by atoms with Crippen molar-refractivity contribution in [3.63, 3.8) is 0 Å².